The quantitative estimate of drug-likeness (QED) is 0.766. The second-order valence-electron chi connectivity index (χ2n) is 6.50. The van der Waals surface area contributed by atoms with Gasteiger partial charge in [0, 0.05) is 31.4 Å². The van der Waals surface area contributed by atoms with Gasteiger partial charge in [0.1, 0.15) is 5.69 Å². The maximum Gasteiger partial charge on any atom is 0.321 e. The van der Waals surface area contributed by atoms with Crippen molar-refractivity contribution in [2.24, 2.45) is 0 Å². The van der Waals surface area contributed by atoms with Crippen molar-refractivity contribution in [2.45, 2.75) is 25.7 Å². The van der Waals surface area contributed by atoms with Crippen molar-refractivity contribution in [2.75, 3.05) is 18.4 Å². The number of likely N-dealkylation sites (tertiary alicyclic amines) is 1. The van der Waals surface area contributed by atoms with Crippen LogP contribution in [0.2, 0.25) is 0 Å². The minimum atomic E-state index is -0.107. The standard InChI is InChI=1S/C19H20N6O2/c1-13-15(6-4-10-20-13)22-19(26)25-11-7-14(8-12-25)18-23-17(24-27-18)16-5-2-3-9-21-16/h2-6,9-10,14H,7-8,11-12H2,1H3,(H,22,26). The number of pyridine rings is 2. The highest BCUT2D eigenvalue weighted by molar-refractivity contribution is 5.89. The maximum absolute atomic E-state index is 12.5. The summed E-state index contributed by atoms with van der Waals surface area (Å²) in [5.41, 5.74) is 2.23. The van der Waals surface area contributed by atoms with Crippen molar-refractivity contribution in [1.29, 1.82) is 0 Å². The minimum Gasteiger partial charge on any atom is -0.339 e. The van der Waals surface area contributed by atoms with Crippen LogP contribution in [0.4, 0.5) is 10.5 Å². The van der Waals surface area contributed by atoms with E-state index in [2.05, 4.69) is 25.4 Å². The molecule has 138 valence electrons. The topological polar surface area (TPSA) is 97.0 Å². The van der Waals surface area contributed by atoms with E-state index in [1.54, 1.807) is 17.3 Å². The molecule has 27 heavy (non-hydrogen) atoms. The molecule has 2 amide bonds. The van der Waals surface area contributed by atoms with Gasteiger partial charge in [-0.05, 0) is 44.0 Å². The second-order valence-corrected chi connectivity index (χ2v) is 6.50. The van der Waals surface area contributed by atoms with Crippen LogP contribution in [0.5, 0.6) is 0 Å². The van der Waals surface area contributed by atoms with E-state index in [9.17, 15) is 4.79 Å². The molecule has 4 rings (SSSR count). The first-order chi connectivity index (χ1) is 13.2. The summed E-state index contributed by atoms with van der Waals surface area (Å²) >= 11 is 0. The lowest BCUT2D eigenvalue weighted by Gasteiger charge is -2.30. The molecule has 1 N–H and O–H groups in total. The average Bonchev–Trinajstić information content (AvgIpc) is 3.21. The van der Waals surface area contributed by atoms with E-state index in [1.807, 2.05) is 37.3 Å². The number of amides is 2. The number of rotatable bonds is 3. The van der Waals surface area contributed by atoms with Crippen molar-refractivity contribution in [1.82, 2.24) is 25.0 Å². The number of hydrogen-bond donors (Lipinski definition) is 1. The lowest BCUT2D eigenvalue weighted by Crippen LogP contribution is -2.40. The predicted octanol–water partition coefficient (Wildman–Crippen LogP) is 3.25. The summed E-state index contributed by atoms with van der Waals surface area (Å²) in [5.74, 6) is 1.26. The molecule has 0 spiro atoms. The van der Waals surface area contributed by atoms with Gasteiger partial charge in [0.05, 0.1) is 11.4 Å². The first kappa shape index (κ1) is 17.1. The molecule has 0 aromatic carbocycles. The van der Waals surface area contributed by atoms with Crippen LogP contribution in [-0.4, -0.2) is 44.1 Å². The molecule has 1 saturated heterocycles. The Morgan fingerprint density at radius 2 is 1.96 bits per heavy atom. The molecule has 4 heterocycles. The van der Waals surface area contributed by atoms with Crippen LogP contribution in [0, 0.1) is 6.92 Å². The number of aryl methyl sites for hydroxylation is 1. The number of nitrogens with zero attached hydrogens (tertiary/aromatic N) is 5. The van der Waals surface area contributed by atoms with Gasteiger partial charge in [-0.15, -0.1) is 0 Å². The molecule has 1 aliphatic heterocycles. The fourth-order valence-electron chi connectivity index (χ4n) is 3.14. The zero-order valence-corrected chi connectivity index (χ0v) is 15.0. The molecule has 8 heteroatoms. The Morgan fingerprint density at radius 1 is 1.15 bits per heavy atom. The highest BCUT2D eigenvalue weighted by Gasteiger charge is 2.28. The Bertz CT molecular complexity index is 919. The number of carbonyl (C=O) groups excluding carboxylic acids is 1. The normalized spacial score (nSPS) is 14.9. The number of aromatic nitrogens is 4. The van der Waals surface area contributed by atoms with Crippen molar-refractivity contribution >= 4 is 11.7 Å². The lowest BCUT2D eigenvalue weighted by molar-refractivity contribution is 0.187. The van der Waals surface area contributed by atoms with E-state index in [1.165, 1.54) is 0 Å². The SMILES string of the molecule is Cc1ncccc1NC(=O)N1CCC(c2nc(-c3ccccn3)no2)CC1. The van der Waals surface area contributed by atoms with Gasteiger partial charge in [0.15, 0.2) is 0 Å². The zero-order chi connectivity index (χ0) is 18.6. The summed E-state index contributed by atoms with van der Waals surface area (Å²) in [6, 6.07) is 9.14. The third kappa shape index (κ3) is 3.79. The van der Waals surface area contributed by atoms with Crippen molar-refractivity contribution in [3.8, 4) is 11.5 Å². The van der Waals surface area contributed by atoms with Gasteiger partial charge >= 0.3 is 6.03 Å². The van der Waals surface area contributed by atoms with Gasteiger partial charge in [-0.3, -0.25) is 9.97 Å². The van der Waals surface area contributed by atoms with E-state index in [0.717, 1.165) is 24.2 Å². The van der Waals surface area contributed by atoms with Gasteiger partial charge in [-0.2, -0.15) is 4.98 Å². The minimum absolute atomic E-state index is 0.107. The van der Waals surface area contributed by atoms with Crippen LogP contribution in [0.1, 0.15) is 30.3 Å². The molecular formula is C19H20N6O2. The van der Waals surface area contributed by atoms with Crippen LogP contribution in [0.15, 0.2) is 47.2 Å². The van der Waals surface area contributed by atoms with Crippen LogP contribution in [-0.2, 0) is 0 Å². The summed E-state index contributed by atoms with van der Waals surface area (Å²) < 4.78 is 5.44. The van der Waals surface area contributed by atoms with Crippen LogP contribution >= 0.6 is 0 Å². The summed E-state index contributed by atoms with van der Waals surface area (Å²) in [6.07, 6.45) is 4.97. The molecule has 0 saturated carbocycles. The Morgan fingerprint density at radius 3 is 2.70 bits per heavy atom. The van der Waals surface area contributed by atoms with Gasteiger partial charge < -0.3 is 14.7 Å². The van der Waals surface area contributed by atoms with E-state index in [4.69, 9.17) is 4.52 Å². The summed E-state index contributed by atoms with van der Waals surface area (Å²) in [7, 11) is 0. The van der Waals surface area contributed by atoms with Crippen LogP contribution in [0.25, 0.3) is 11.5 Å². The van der Waals surface area contributed by atoms with E-state index in [-0.39, 0.29) is 11.9 Å². The number of urea groups is 1. The molecule has 0 bridgehead atoms. The molecule has 8 nitrogen and oxygen atoms in total. The Labute approximate surface area is 156 Å². The number of anilines is 1. The van der Waals surface area contributed by atoms with Crippen molar-refractivity contribution < 1.29 is 9.32 Å². The average molecular weight is 364 g/mol. The fourth-order valence-corrected chi connectivity index (χ4v) is 3.14. The first-order valence-electron chi connectivity index (χ1n) is 8.93. The molecule has 0 aliphatic carbocycles. The zero-order valence-electron chi connectivity index (χ0n) is 15.0. The molecule has 1 aliphatic rings. The van der Waals surface area contributed by atoms with E-state index < -0.39 is 0 Å². The predicted molar refractivity (Wildman–Crippen MR) is 99.1 cm³/mol. The van der Waals surface area contributed by atoms with Crippen molar-refractivity contribution in [3.63, 3.8) is 0 Å². The van der Waals surface area contributed by atoms with Crippen LogP contribution in [0.3, 0.4) is 0 Å². The summed E-state index contributed by atoms with van der Waals surface area (Å²) in [4.78, 5) is 27.2. The summed E-state index contributed by atoms with van der Waals surface area (Å²) in [5, 5.41) is 6.96. The second kappa shape index (κ2) is 7.53. The van der Waals surface area contributed by atoms with Gasteiger partial charge in [-0.1, -0.05) is 11.2 Å². The largest absolute Gasteiger partial charge is 0.339 e. The number of nitrogens with one attached hydrogen (secondary N) is 1. The monoisotopic (exact) mass is 364 g/mol. The summed E-state index contributed by atoms with van der Waals surface area (Å²) in [6.45, 7) is 3.14. The highest BCUT2D eigenvalue weighted by Crippen LogP contribution is 2.28. The Balaban J connectivity index is 1.36. The third-order valence-electron chi connectivity index (χ3n) is 4.72. The number of hydrogen-bond acceptors (Lipinski definition) is 6. The smallest absolute Gasteiger partial charge is 0.321 e. The lowest BCUT2D eigenvalue weighted by atomic mass is 9.97. The van der Waals surface area contributed by atoms with E-state index >= 15 is 0 Å². The molecule has 0 unspecified atom stereocenters. The number of carbonyl (C=O) groups is 1. The van der Waals surface area contributed by atoms with E-state index in [0.29, 0.717) is 30.5 Å². The first-order valence-corrected chi connectivity index (χ1v) is 8.93. The van der Waals surface area contributed by atoms with Crippen LogP contribution < -0.4 is 5.32 Å². The molecule has 3 aromatic heterocycles. The Hall–Kier alpha value is -3.29. The highest BCUT2D eigenvalue weighted by atomic mass is 16.5. The molecule has 0 radical (unpaired) electrons. The van der Waals surface area contributed by atoms with Gasteiger partial charge in [-0.25, -0.2) is 4.79 Å². The molecule has 3 aromatic rings. The number of piperidine rings is 1. The van der Waals surface area contributed by atoms with Crippen molar-refractivity contribution in [3.05, 3.63) is 54.3 Å². The maximum atomic E-state index is 12.5. The molecular weight excluding hydrogens is 344 g/mol. The Kier molecular flexibility index (Phi) is 4.78. The van der Waals surface area contributed by atoms with Gasteiger partial charge in [0.2, 0.25) is 11.7 Å². The van der Waals surface area contributed by atoms with Gasteiger partial charge in [0.25, 0.3) is 0 Å². The molecule has 1 fully saturated rings. The third-order valence-corrected chi connectivity index (χ3v) is 4.72. The molecule has 0 atom stereocenters. The fraction of sp³-hybridized carbons (Fsp3) is 0.316.